The summed E-state index contributed by atoms with van der Waals surface area (Å²) in [6.45, 7) is 4.73. The zero-order chi connectivity index (χ0) is 30.9. The van der Waals surface area contributed by atoms with Gasteiger partial charge in [-0.1, -0.05) is 89.5 Å². The van der Waals surface area contributed by atoms with E-state index in [0.29, 0.717) is 12.8 Å². The smallest absolute Gasteiger partial charge is 0.744 e. The molecule has 43 heavy (non-hydrogen) atoms. The second-order valence-electron chi connectivity index (χ2n) is 10.8. The van der Waals surface area contributed by atoms with Gasteiger partial charge in [-0.05, 0) is 82.4 Å². The van der Waals surface area contributed by atoms with Crippen LogP contribution in [0.3, 0.4) is 0 Å². The molecule has 0 aliphatic heterocycles. The average Bonchev–Trinajstić information content (AvgIpc) is 2.97. The fraction of sp³-hybridized carbons (Fsp3) is 0.647. The van der Waals surface area contributed by atoms with Gasteiger partial charge in [0.15, 0.2) is 0 Å². The van der Waals surface area contributed by atoms with E-state index >= 15 is 0 Å². The first kappa shape index (κ1) is 41.5. The van der Waals surface area contributed by atoms with Crippen LogP contribution in [0, 0.1) is 0 Å². The van der Waals surface area contributed by atoms with E-state index in [9.17, 15) is 22.6 Å². The number of ether oxygens (including phenoxy) is 2. The summed E-state index contributed by atoms with van der Waals surface area (Å²) in [4.78, 5) is 24.9. The van der Waals surface area contributed by atoms with E-state index in [0.717, 1.165) is 82.4 Å². The van der Waals surface area contributed by atoms with Gasteiger partial charge in [-0.25, -0.2) is 18.0 Å². The topological polar surface area (TPSA) is 110 Å². The van der Waals surface area contributed by atoms with Crippen molar-refractivity contribution in [1.82, 2.24) is 0 Å². The minimum Gasteiger partial charge on any atom is -0.744 e. The molecule has 0 radical (unpaired) electrons. The van der Waals surface area contributed by atoms with Gasteiger partial charge in [0.2, 0.25) is 0 Å². The Labute approximate surface area is 283 Å². The molecule has 0 aliphatic carbocycles. The molecule has 0 spiro atoms. The van der Waals surface area contributed by atoms with E-state index in [1.807, 2.05) is 0 Å². The van der Waals surface area contributed by atoms with Crippen LogP contribution in [0.15, 0.2) is 47.4 Å². The molecule has 9 heteroatoms. The van der Waals surface area contributed by atoms with Crippen LogP contribution in [0.4, 0.5) is 0 Å². The third-order valence-corrected chi connectivity index (χ3v) is 7.83. The summed E-state index contributed by atoms with van der Waals surface area (Å²) in [5.41, 5.74) is -0.373. The van der Waals surface area contributed by atoms with Gasteiger partial charge in [0.25, 0.3) is 0 Å². The molecular formula is C34H53NaO7S. The minimum absolute atomic E-state index is 0. The van der Waals surface area contributed by atoms with Crippen LogP contribution in [0.1, 0.15) is 150 Å². The fourth-order valence-electron chi connectivity index (χ4n) is 4.44. The molecule has 238 valence electrons. The summed E-state index contributed by atoms with van der Waals surface area (Å²) in [6.07, 6.45) is 28.1. The molecular weight excluding hydrogens is 575 g/mol. The van der Waals surface area contributed by atoms with E-state index in [4.69, 9.17) is 9.47 Å². The average molecular weight is 629 g/mol. The van der Waals surface area contributed by atoms with Crippen LogP contribution in [0.5, 0.6) is 0 Å². The van der Waals surface area contributed by atoms with Gasteiger partial charge in [0, 0.05) is 0 Å². The first-order chi connectivity index (χ1) is 20.3. The first-order valence-corrected chi connectivity index (χ1v) is 17.5. The Morgan fingerprint density at radius 3 is 1.44 bits per heavy atom. The molecule has 0 heterocycles. The molecule has 0 aliphatic rings. The van der Waals surface area contributed by atoms with Crippen molar-refractivity contribution in [3.63, 3.8) is 0 Å². The Balaban J connectivity index is 0.0000176. The van der Waals surface area contributed by atoms with Crippen molar-refractivity contribution in [2.75, 3.05) is 13.2 Å². The maximum absolute atomic E-state index is 12.8. The zero-order valence-electron chi connectivity index (χ0n) is 26.9. The Morgan fingerprint density at radius 1 is 0.628 bits per heavy atom. The van der Waals surface area contributed by atoms with Crippen molar-refractivity contribution < 1.29 is 61.6 Å². The van der Waals surface area contributed by atoms with Crippen LogP contribution >= 0.6 is 0 Å². The van der Waals surface area contributed by atoms with E-state index in [1.165, 1.54) is 38.5 Å². The summed E-state index contributed by atoms with van der Waals surface area (Å²) < 4.78 is 45.3. The van der Waals surface area contributed by atoms with Gasteiger partial charge in [0.1, 0.15) is 10.1 Å². The SMILES string of the molecule is CCCCC/C=C/CCCCCCOC(=O)c1ccc(S(=O)(=O)[O-])cc1C(=O)OCCCCCC/C=C/CCCCC.[Na+]. The van der Waals surface area contributed by atoms with Gasteiger partial charge in [-0.2, -0.15) is 0 Å². The maximum Gasteiger partial charge on any atom is 1.00 e. The Morgan fingerprint density at radius 2 is 1.02 bits per heavy atom. The van der Waals surface area contributed by atoms with E-state index in [2.05, 4.69) is 38.2 Å². The molecule has 0 unspecified atom stereocenters. The van der Waals surface area contributed by atoms with Crippen molar-refractivity contribution in [1.29, 1.82) is 0 Å². The molecule has 1 aromatic rings. The number of hydrogen-bond donors (Lipinski definition) is 0. The molecule has 0 amide bonds. The Bertz CT molecular complexity index is 1050. The van der Waals surface area contributed by atoms with Gasteiger partial charge < -0.3 is 14.0 Å². The number of rotatable bonds is 25. The number of carbonyl (C=O) groups excluding carboxylic acids is 2. The summed E-state index contributed by atoms with van der Waals surface area (Å²) in [5.74, 6) is -1.58. The largest absolute Gasteiger partial charge is 1.00 e. The van der Waals surface area contributed by atoms with Crippen molar-refractivity contribution >= 4 is 22.1 Å². The standard InChI is InChI=1S/C34H54O7S.Na/c1-3-5-7-9-11-13-15-17-19-21-23-27-40-33(35)31-26-25-30(42(37,38)39)29-32(31)34(36)41-28-24-22-20-18-16-14-12-10-8-6-4-2;/h11-14,25-26,29H,3-10,15-24,27-28H2,1-2H3,(H,37,38,39);/q;+1/p-1/b13-11+,14-12+;. The third-order valence-electron chi connectivity index (χ3n) is 7.00. The number of benzene rings is 1. The second-order valence-corrected chi connectivity index (χ2v) is 12.2. The molecule has 0 bridgehead atoms. The van der Waals surface area contributed by atoms with Crippen molar-refractivity contribution in [2.24, 2.45) is 0 Å². The zero-order valence-corrected chi connectivity index (χ0v) is 29.8. The number of hydrogen-bond acceptors (Lipinski definition) is 7. The van der Waals surface area contributed by atoms with E-state index < -0.39 is 27.0 Å². The molecule has 0 saturated heterocycles. The predicted octanol–water partition coefficient (Wildman–Crippen LogP) is 6.08. The third kappa shape index (κ3) is 21.0. The van der Waals surface area contributed by atoms with Crippen molar-refractivity contribution in [2.45, 2.75) is 134 Å². The summed E-state index contributed by atoms with van der Waals surface area (Å²) in [5, 5.41) is 0. The minimum atomic E-state index is -4.81. The van der Waals surface area contributed by atoms with Crippen molar-refractivity contribution in [3.05, 3.63) is 53.6 Å². The molecule has 1 rings (SSSR count). The summed E-state index contributed by atoms with van der Waals surface area (Å²) in [7, 11) is -4.81. The Kier molecular flexibility index (Phi) is 26.0. The van der Waals surface area contributed by atoms with Crippen LogP contribution in [0.25, 0.3) is 0 Å². The number of carbonyl (C=O) groups is 2. The van der Waals surface area contributed by atoms with E-state index in [1.54, 1.807) is 0 Å². The molecule has 0 atom stereocenters. The summed E-state index contributed by atoms with van der Waals surface area (Å²) in [6, 6.07) is 3.07. The molecule has 1 aromatic carbocycles. The van der Waals surface area contributed by atoms with Crippen LogP contribution < -0.4 is 29.6 Å². The first-order valence-electron chi connectivity index (χ1n) is 16.0. The van der Waals surface area contributed by atoms with Crippen LogP contribution in [-0.2, 0) is 19.6 Å². The summed E-state index contributed by atoms with van der Waals surface area (Å²) >= 11 is 0. The maximum atomic E-state index is 12.8. The number of allylic oxidation sites excluding steroid dienone is 4. The quantitative estimate of drug-likeness (QED) is 0.0424. The number of unbranched alkanes of at least 4 members (excludes halogenated alkanes) is 14. The molecule has 0 N–H and O–H groups in total. The normalized spacial score (nSPS) is 11.6. The van der Waals surface area contributed by atoms with Crippen LogP contribution in [-0.4, -0.2) is 38.1 Å². The molecule has 0 aromatic heterocycles. The van der Waals surface area contributed by atoms with Gasteiger partial charge >= 0.3 is 41.5 Å². The second kappa shape index (κ2) is 26.9. The van der Waals surface area contributed by atoms with Crippen molar-refractivity contribution in [3.8, 4) is 0 Å². The molecule has 0 fully saturated rings. The monoisotopic (exact) mass is 628 g/mol. The van der Waals surface area contributed by atoms with E-state index in [-0.39, 0.29) is 53.9 Å². The van der Waals surface area contributed by atoms with Gasteiger partial charge in [0.05, 0.1) is 29.2 Å². The molecule has 0 saturated carbocycles. The fourth-order valence-corrected chi connectivity index (χ4v) is 4.94. The van der Waals surface area contributed by atoms with Gasteiger partial charge in [-0.3, -0.25) is 0 Å². The number of esters is 2. The predicted molar refractivity (Wildman–Crippen MR) is 168 cm³/mol. The Hall–Kier alpha value is -1.45. The van der Waals surface area contributed by atoms with Crippen LogP contribution in [0.2, 0.25) is 0 Å². The molecule has 7 nitrogen and oxygen atoms in total. The van der Waals surface area contributed by atoms with Gasteiger partial charge in [-0.15, -0.1) is 0 Å².